The van der Waals surface area contributed by atoms with Gasteiger partial charge in [0.2, 0.25) is 0 Å². The van der Waals surface area contributed by atoms with E-state index >= 15 is 0 Å². The number of thiazole rings is 2. The number of nitrogens with one attached hydrogen (secondary N) is 1. The molecule has 0 unspecified atom stereocenters. The molecule has 0 radical (unpaired) electrons. The lowest BCUT2D eigenvalue weighted by atomic mass is 10.1. The maximum Gasteiger partial charge on any atom is 0.277 e. The molecule has 0 aliphatic heterocycles. The van der Waals surface area contributed by atoms with Crippen molar-refractivity contribution in [3.8, 4) is 10.7 Å². The summed E-state index contributed by atoms with van der Waals surface area (Å²) in [5.74, 6) is -0.734. The van der Waals surface area contributed by atoms with E-state index in [1.54, 1.807) is 5.38 Å². The molecule has 0 aliphatic rings. The molecule has 0 spiro atoms. The summed E-state index contributed by atoms with van der Waals surface area (Å²) in [7, 11) is 0. The van der Waals surface area contributed by atoms with Gasteiger partial charge in [-0.3, -0.25) is 30.3 Å². The first-order chi connectivity index (χ1) is 13.9. The first-order valence-electron chi connectivity index (χ1n) is 7.97. The van der Waals surface area contributed by atoms with Crippen molar-refractivity contribution in [1.82, 2.24) is 9.97 Å². The second kappa shape index (κ2) is 7.33. The Hall–Kier alpha value is -3.77. The predicted molar refractivity (Wildman–Crippen MR) is 108 cm³/mol. The number of hydrogen-bond acceptors (Lipinski definition) is 9. The minimum Gasteiger partial charge on any atom is -0.298 e. The highest BCUT2D eigenvalue weighted by Crippen LogP contribution is 2.32. The number of benzene rings is 2. The first kappa shape index (κ1) is 18.6. The van der Waals surface area contributed by atoms with Crippen molar-refractivity contribution in [3.05, 3.63) is 73.6 Å². The van der Waals surface area contributed by atoms with Crippen molar-refractivity contribution in [2.24, 2.45) is 0 Å². The molecule has 1 N–H and O–H groups in total. The van der Waals surface area contributed by atoms with Crippen molar-refractivity contribution in [3.63, 3.8) is 0 Å². The van der Waals surface area contributed by atoms with Gasteiger partial charge < -0.3 is 0 Å². The molecule has 2 aromatic carbocycles. The molecule has 12 heteroatoms. The molecule has 0 bridgehead atoms. The number of para-hydroxylation sites is 1. The Morgan fingerprint density at radius 3 is 2.34 bits per heavy atom. The third-order valence-electron chi connectivity index (χ3n) is 3.82. The quantitative estimate of drug-likeness (QED) is 0.365. The maximum absolute atomic E-state index is 12.4. The van der Waals surface area contributed by atoms with Crippen molar-refractivity contribution >= 4 is 55.3 Å². The summed E-state index contributed by atoms with van der Waals surface area (Å²) in [5, 5.41) is 27.1. The molecule has 0 saturated carbocycles. The van der Waals surface area contributed by atoms with Crippen LogP contribution in [0.25, 0.3) is 20.9 Å². The van der Waals surface area contributed by atoms with E-state index in [0.29, 0.717) is 10.7 Å². The average Bonchev–Trinajstić information content (AvgIpc) is 3.34. The normalized spacial score (nSPS) is 10.8. The van der Waals surface area contributed by atoms with E-state index in [9.17, 15) is 25.0 Å². The van der Waals surface area contributed by atoms with Crippen LogP contribution in [0, 0.1) is 20.2 Å². The molecular formula is C17H9N5O5S2. The minimum absolute atomic E-state index is 0.206. The Morgan fingerprint density at radius 1 is 1.00 bits per heavy atom. The van der Waals surface area contributed by atoms with Gasteiger partial charge in [-0.1, -0.05) is 12.1 Å². The van der Waals surface area contributed by atoms with Crippen LogP contribution in [0.1, 0.15) is 10.4 Å². The Morgan fingerprint density at radius 2 is 1.69 bits per heavy atom. The molecule has 2 aromatic heterocycles. The number of nitro groups is 2. The zero-order valence-electron chi connectivity index (χ0n) is 14.3. The van der Waals surface area contributed by atoms with Crippen molar-refractivity contribution in [2.45, 2.75) is 0 Å². The fourth-order valence-corrected chi connectivity index (χ4v) is 4.21. The number of carbonyl (C=O) groups is 1. The number of nitro benzene ring substituents is 2. The Balaban J connectivity index is 1.59. The van der Waals surface area contributed by atoms with Gasteiger partial charge in [0.15, 0.2) is 5.13 Å². The van der Waals surface area contributed by atoms with Crippen LogP contribution < -0.4 is 5.32 Å². The highest BCUT2D eigenvalue weighted by atomic mass is 32.1. The van der Waals surface area contributed by atoms with Gasteiger partial charge in [-0.05, 0) is 12.1 Å². The molecule has 0 atom stereocenters. The van der Waals surface area contributed by atoms with Gasteiger partial charge in [-0.2, -0.15) is 0 Å². The molecule has 0 aliphatic carbocycles. The molecular weight excluding hydrogens is 418 g/mol. The van der Waals surface area contributed by atoms with E-state index in [0.717, 1.165) is 39.8 Å². The summed E-state index contributed by atoms with van der Waals surface area (Å²) in [6.07, 6.45) is 0. The van der Waals surface area contributed by atoms with Gasteiger partial charge in [0, 0.05) is 17.5 Å². The number of rotatable bonds is 5. The van der Waals surface area contributed by atoms with Crippen LogP contribution in [0.4, 0.5) is 16.5 Å². The molecule has 29 heavy (non-hydrogen) atoms. The summed E-state index contributed by atoms with van der Waals surface area (Å²) in [6, 6.07) is 10.4. The van der Waals surface area contributed by atoms with Crippen molar-refractivity contribution in [2.75, 3.05) is 5.32 Å². The fraction of sp³-hybridized carbons (Fsp3) is 0. The average molecular weight is 427 g/mol. The molecule has 2 heterocycles. The SMILES string of the molecule is O=C(Nc1nc(-c2nc3ccccc3s2)cs1)c1cc([N+](=O)[O-])cc([N+](=O)[O-])c1. The minimum atomic E-state index is -0.793. The van der Waals surface area contributed by atoms with E-state index in [-0.39, 0.29) is 10.7 Å². The molecule has 4 rings (SSSR count). The smallest absolute Gasteiger partial charge is 0.277 e. The number of non-ortho nitro benzene ring substituents is 2. The number of hydrogen-bond donors (Lipinski definition) is 1. The van der Waals surface area contributed by atoms with Crippen molar-refractivity contribution in [1.29, 1.82) is 0 Å². The van der Waals surface area contributed by atoms with E-state index in [2.05, 4.69) is 15.3 Å². The number of fused-ring (bicyclic) bond motifs is 1. The molecule has 144 valence electrons. The topological polar surface area (TPSA) is 141 Å². The predicted octanol–water partition coefficient (Wildman–Crippen LogP) is 4.49. The molecule has 10 nitrogen and oxygen atoms in total. The van der Waals surface area contributed by atoms with Gasteiger partial charge >= 0.3 is 0 Å². The summed E-state index contributed by atoms with van der Waals surface area (Å²) in [5.41, 5.74) is 0.131. The lowest BCUT2D eigenvalue weighted by molar-refractivity contribution is -0.394. The molecule has 0 fully saturated rings. The number of nitrogens with zero attached hydrogens (tertiary/aromatic N) is 4. The lowest BCUT2D eigenvalue weighted by Crippen LogP contribution is -2.12. The first-order valence-corrected chi connectivity index (χ1v) is 9.67. The van der Waals surface area contributed by atoms with Gasteiger partial charge in [0.1, 0.15) is 10.7 Å². The van der Waals surface area contributed by atoms with E-state index in [4.69, 9.17) is 0 Å². The number of carbonyl (C=O) groups excluding carboxylic acids is 1. The standard InChI is InChI=1S/C17H9N5O5S2/c23-15(9-5-10(21(24)25)7-11(6-9)22(26)27)20-17-19-13(8-28-17)16-18-12-3-1-2-4-14(12)29-16/h1-8H,(H,19,20,23). The van der Waals surface area contributed by atoms with E-state index in [1.807, 2.05) is 24.3 Å². The molecule has 0 saturated heterocycles. The van der Waals surface area contributed by atoms with Crippen LogP contribution >= 0.6 is 22.7 Å². The van der Waals surface area contributed by atoms with Gasteiger partial charge in [0.25, 0.3) is 17.3 Å². The van der Waals surface area contributed by atoms with Crippen LogP contribution in [-0.2, 0) is 0 Å². The van der Waals surface area contributed by atoms with E-state index < -0.39 is 27.1 Å². The summed E-state index contributed by atoms with van der Waals surface area (Å²) in [4.78, 5) is 41.6. The summed E-state index contributed by atoms with van der Waals surface area (Å²) in [6.45, 7) is 0. The monoisotopic (exact) mass is 427 g/mol. The number of aromatic nitrogens is 2. The van der Waals surface area contributed by atoms with Gasteiger partial charge in [0.05, 0.1) is 31.7 Å². The molecule has 1 amide bonds. The highest BCUT2D eigenvalue weighted by Gasteiger charge is 2.21. The Kier molecular flexibility index (Phi) is 4.70. The Bertz CT molecular complexity index is 1220. The van der Waals surface area contributed by atoms with Crippen molar-refractivity contribution < 1.29 is 14.6 Å². The lowest BCUT2D eigenvalue weighted by Gasteiger charge is -2.02. The largest absolute Gasteiger partial charge is 0.298 e. The third-order valence-corrected chi connectivity index (χ3v) is 5.64. The van der Waals surface area contributed by atoms with E-state index in [1.165, 1.54) is 11.3 Å². The summed E-state index contributed by atoms with van der Waals surface area (Å²) >= 11 is 2.61. The second-order valence-corrected chi connectivity index (χ2v) is 7.62. The van der Waals surface area contributed by atoms with Crippen LogP contribution in [0.15, 0.2) is 47.8 Å². The van der Waals surface area contributed by atoms with Crippen LogP contribution in [0.3, 0.4) is 0 Å². The second-order valence-electron chi connectivity index (χ2n) is 5.73. The number of amides is 1. The van der Waals surface area contributed by atoms with Crippen LogP contribution in [0.5, 0.6) is 0 Å². The third kappa shape index (κ3) is 3.79. The Labute approximate surface area is 169 Å². The zero-order chi connectivity index (χ0) is 20.5. The van der Waals surface area contributed by atoms with Gasteiger partial charge in [-0.25, -0.2) is 9.97 Å². The molecule has 4 aromatic rings. The maximum atomic E-state index is 12.4. The highest BCUT2D eigenvalue weighted by molar-refractivity contribution is 7.22. The van der Waals surface area contributed by atoms with Crippen LogP contribution in [-0.4, -0.2) is 25.7 Å². The fourth-order valence-electron chi connectivity index (χ4n) is 2.52. The number of anilines is 1. The van der Waals surface area contributed by atoms with Crippen LogP contribution in [0.2, 0.25) is 0 Å². The summed E-state index contributed by atoms with van der Waals surface area (Å²) < 4.78 is 1.00. The zero-order valence-corrected chi connectivity index (χ0v) is 15.9. The van der Waals surface area contributed by atoms with Gasteiger partial charge in [-0.15, -0.1) is 22.7 Å².